The molecule has 0 rings (SSSR count). The van der Waals surface area contributed by atoms with Crippen molar-refractivity contribution in [3.05, 3.63) is 0 Å². The Hall–Kier alpha value is -0.410. The molecular formula is C17H34O3. The lowest BCUT2D eigenvalue weighted by atomic mass is 9.86. The molecule has 0 heterocycles. The highest BCUT2D eigenvalue weighted by atomic mass is 16.5. The van der Waals surface area contributed by atoms with Crippen LogP contribution in [0.5, 0.6) is 0 Å². The number of carbonyl (C=O) groups is 1. The van der Waals surface area contributed by atoms with Crippen LogP contribution in [-0.2, 0) is 4.79 Å². The molecule has 0 aromatic heterocycles. The number of carbonyl (C=O) groups excluding carboxylic acids is 1. The first-order valence-electron chi connectivity index (χ1n) is 8.04. The fourth-order valence-electron chi connectivity index (χ4n) is 2.23. The van der Waals surface area contributed by atoms with Gasteiger partial charge in [-0.05, 0) is 12.8 Å². The molecule has 2 N–H and O–H groups in total. The molecule has 0 radical (unpaired) electrons. The molecule has 120 valence electrons. The lowest BCUT2D eigenvalue weighted by Crippen LogP contribution is -2.28. The fourth-order valence-corrected chi connectivity index (χ4v) is 2.23. The Labute approximate surface area is 124 Å². The Balaban J connectivity index is 3.40. The monoisotopic (exact) mass is 286 g/mol. The standard InChI is InChI=1S/C17H34O3/c1-16(2,14-18)12-10-8-6-5-7-9-11-13-17(3,4)15(19)20/h14-15,19-20H,5-13H2,1-4H3. The smallest absolute Gasteiger partial charge is 0.156 e. The molecular weight excluding hydrogens is 252 g/mol. The summed E-state index contributed by atoms with van der Waals surface area (Å²) >= 11 is 0. The molecule has 20 heavy (non-hydrogen) atoms. The summed E-state index contributed by atoms with van der Waals surface area (Å²) in [6, 6.07) is 0. The molecule has 0 aromatic carbocycles. The van der Waals surface area contributed by atoms with Crippen LogP contribution in [0.4, 0.5) is 0 Å². The first-order chi connectivity index (χ1) is 9.21. The minimum atomic E-state index is -1.22. The van der Waals surface area contributed by atoms with Crippen LogP contribution >= 0.6 is 0 Å². The van der Waals surface area contributed by atoms with Crippen molar-refractivity contribution in [1.82, 2.24) is 0 Å². The Morgan fingerprint density at radius 1 is 0.800 bits per heavy atom. The first-order valence-corrected chi connectivity index (χ1v) is 8.04. The zero-order valence-corrected chi connectivity index (χ0v) is 13.8. The number of aliphatic hydroxyl groups excluding tert-OH is 1. The number of aliphatic hydroxyl groups is 2. The molecule has 3 heteroatoms. The van der Waals surface area contributed by atoms with Crippen molar-refractivity contribution in [2.24, 2.45) is 10.8 Å². The quantitative estimate of drug-likeness (QED) is 0.323. The average molecular weight is 286 g/mol. The molecule has 3 nitrogen and oxygen atoms in total. The van der Waals surface area contributed by atoms with Crippen LogP contribution in [0.2, 0.25) is 0 Å². The molecule has 0 aliphatic rings. The molecule has 0 fully saturated rings. The van der Waals surface area contributed by atoms with E-state index in [2.05, 4.69) is 0 Å². The summed E-state index contributed by atoms with van der Waals surface area (Å²) in [7, 11) is 0. The van der Waals surface area contributed by atoms with Gasteiger partial charge < -0.3 is 15.0 Å². The minimum absolute atomic E-state index is 0.156. The molecule has 0 bridgehead atoms. The van der Waals surface area contributed by atoms with Gasteiger partial charge in [-0.25, -0.2) is 0 Å². The van der Waals surface area contributed by atoms with E-state index in [1.807, 2.05) is 27.7 Å². The highest BCUT2D eigenvalue weighted by Crippen LogP contribution is 2.27. The van der Waals surface area contributed by atoms with E-state index >= 15 is 0 Å². The van der Waals surface area contributed by atoms with E-state index in [4.69, 9.17) is 0 Å². The van der Waals surface area contributed by atoms with Gasteiger partial charge in [0.1, 0.15) is 6.29 Å². The highest BCUT2D eigenvalue weighted by Gasteiger charge is 2.24. The van der Waals surface area contributed by atoms with E-state index in [1.165, 1.54) is 25.7 Å². The molecule has 0 spiro atoms. The van der Waals surface area contributed by atoms with Crippen LogP contribution in [-0.4, -0.2) is 22.8 Å². The molecule has 0 aromatic rings. The van der Waals surface area contributed by atoms with Crippen molar-refractivity contribution in [3.8, 4) is 0 Å². The van der Waals surface area contributed by atoms with E-state index in [9.17, 15) is 15.0 Å². The predicted octanol–water partition coefficient (Wildman–Crippen LogP) is 4.06. The zero-order chi connectivity index (χ0) is 15.6. The van der Waals surface area contributed by atoms with Gasteiger partial charge in [0.05, 0.1) is 0 Å². The fraction of sp³-hybridized carbons (Fsp3) is 0.941. The topological polar surface area (TPSA) is 57.5 Å². The van der Waals surface area contributed by atoms with E-state index in [0.717, 1.165) is 38.4 Å². The predicted molar refractivity (Wildman–Crippen MR) is 83.4 cm³/mol. The van der Waals surface area contributed by atoms with Crippen LogP contribution in [0.1, 0.15) is 85.5 Å². The summed E-state index contributed by atoms with van der Waals surface area (Å²) in [5.41, 5.74) is -0.545. The molecule has 0 amide bonds. The van der Waals surface area contributed by atoms with Gasteiger partial charge in [0.25, 0.3) is 0 Å². The second-order valence-electron chi connectivity index (χ2n) is 7.44. The lowest BCUT2D eigenvalue weighted by Gasteiger charge is -2.26. The van der Waals surface area contributed by atoms with Crippen molar-refractivity contribution in [1.29, 1.82) is 0 Å². The van der Waals surface area contributed by atoms with Gasteiger partial charge in [-0.2, -0.15) is 0 Å². The lowest BCUT2D eigenvalue weighted by molar-refractivity contribution is -0.124. The molecule has 0 unspecified atom stereocenters. The molecule has 0 saturated carbocycles. The maximum atomic E-state index is 10.8. The van der Waals surface area contributed by atoms with Gasteiger partial charge in [0.15, 0.2) is 6.29 Å². The second-order valence-corrected chi connectivity index (χ2v) is 7.44. The van der Waals surface area contributed by atoms with Crippen molar-refractivity contribution >= 4 is 6.29 Å². The zero-order valence-electron chi connectivity index (χ0n) is 13.8. The largest absolute Gasteiger partial charge is 0.368 e. The van der Waals surface area contributed by atoms with E-state index in [1.54, 1.807) is 0 Å². The van der Waals surface area contributed by atoms with Crippen molar-refractivity contribution in [2.45, 2.75) is 91.8 Å². The van der Waals surface area contributed by atoms with Gasteiger partial charge in [0, 0.05) is 10.8 Å². The third kappa shape index (κ3) is 9.49. The number of aldehydes is 1. The van der Waals surface area contributed by atoms with Crippen LogP contribution in [0, 0.1) is 10.8 Å². The highest BCUT2D eigenvalue weighted by molar-refractivity contribution is 5.57. The SMILES string of the molecule is CC(C)(C=O)CCCCCCCCCC(C)(C)C(O)O. The van der Waals surface area contributed by atoms with Crippen LogP contribution in [0.25, 0.3) is 0 Å². The van der Waals surface area contributed by atoms with E-state index in [0.29, 0.717) is 0 Å². The van der Waals surface area contributed by atoms with Crippen LogP contribution in [0.3, 0.4) is 0 Å². The van der Waals surface area contributed by atoms with Gasteiger partial charge in [0.2, 0.25) is 0 Å². The molecule has 0 saturated heterocycles. The Kier molecular flexibility index (Phi) is 9.32. The van der Waals surface area contributed by atoms with Crippen molar-refractivity contribution in [3.63, 3.8) is 0 Å². The van der Waals surface area contributed by atoms with Gasteiger partial charge in [-0.1, -0.05) is 72.6 Å². The summed E-state index contributed by atoms with van der Waals surface area (Å²) in [5, 5.41) is 18.4. The van der Waals surface area contributed by atoms with Gasteiger partial charge in [-0.15, -0.1) is 0 Å². The normalized spacial score (nSPS) is 12.9. The number of hydrogen-bond acceptors (Lipinski definition) is 3. The molecule has 0 atom stereocenters. The summed E-state index contributed by atoms with van der Waals surface area (Å²) in [4.78, 5) is 10.8. The summed E-state index contributed by atoms with van der Waals surface area (Å²) in [6.07, 6.45) is 9.94. The van der Waals surface area contributed by atoms with Crippen LogP contribution in [0.15, 0.2) is 0 Å². The second kappa shape index (κ2) is 9.51. The molecule has 0 aliphatic carbocycles. The summed E-state index contributed by atoms with van der Waals surface area (Å²) < 4.78 is 0. The number of unbranched alkanes of at least 4 members (excludes halogenated alkanes) is 6. The number of hydrogen-bond donors (Lipinski definition) is 2. The third-order valence-electron chi connectivity index (χ3n) is 4.16. The van der Waals surface area contributed by atoms with Gasteiger partial charge in [-0.3, -0.25) is 0 Å². The van der Waals surface area contributed by atoms with E-state index in [-0.39, 0.29) is 10.8 Å². The molecule has 0 aliphatic heterocycles. The Morgan fingerprint density at radius 2 is 1.20 bits per heavy atom. The number of rotatable bonds is 12. The van der Waals surface area contributed by atoms with Crippen LogP contribution < -0.4 is 0 Å². The van der Waals surface area contributed by atoms with Gasteiger partial charge >= 0.3 is 0 Å². The average Bonchev–Trinajstić information content (AvgIpc) is 2.36. The maximum absolute atomic E-state index is 10.8. The van der Waals surface area contributed by atoms with Crippen molar-refractivity contribution in [2.75, 3.05) is 0 Å². The minimum Gasteiger partial charge on any atom is -0.368 e. The Bertz CT molecular complexity index is 257. The Morgan fingerprint density at radius 3 is 1.60 bits per heavy atom. The third-order valence-corrected chi connectivity index (χ3v) is 4.16. The van der Waals surface area contributed by atoms with Crippen molar-refractivity contribution < 1.29 is 15.0 Å². The maximum Gasteiger partial charge on any atom is 0.156 e. The summed E-state index contributed by atoms with van der Waals surface area (Å²) in [6.45, 7) is 7.79. The summed E-state index contributed by atoms with van der Waals surface area (Å²) in [5.74, 6) is 0. The first kappa shape index (κ1) is 19.6. The van der Waals surface area contributed by atoms with E-state index < -0.39 is 6.29 Å².